The summed E-state index contributed by atoms with van der Waals surface area (Å²) in [6, 6.07) is 0. The molecule has 0 spiro atoms. The first-order valence-corrected chi connectivity index (χ1v) is 7.47. The summed E-state index contributed by atoms with van der Waals surface area (Å²) in [4.78, 5) is 0. The number of nitrogen functional groups attached to an aromatic ring is 1. The summed E-state index contributed by atoms with van der Waals surface area (Å²) >= 11 is 0. The zero-order valence-electron chi connectivity index (χ0n) is 12.0. The van der Waals surface area contributed by atoms with Crippen LogP contribution in [0.25, 0.3) is 0 Å². The molecule has 0 aliphatic heterocycles. The third kappa shape index (κ3) is 5.07. The Morgan fingerprint density at radius 3 is 1.61 bits per heavy atom. The van der Waals surface area contributed by atoms with Crippen molar-refractivity contribution in [2.75, 3.05) is 5.84 Å². The molecular weight excluding hydrogens is 224 g/mol. The largest absolute Gasteiger partial charge is 0.336 e. The van der Waals surface area contributed by atoms with Crippen molar-refractivity contribution in [3.63, 3.8) is 0 Å². The Kier molecular flexibility index (Phi) is 7.46. The molecule has 0 unspecified atom stereocenters. The number of aryl methyl sites for hydroxylation is 2. The molecule has 0 aliphatic carbocycles. The molecule has 0 aliphatic rings. The fourth-order valence-electron chi connectivity index (χ4n) is 2.12. The first kappa shape index (κ1) is 15.0. The minimum atomic E-state index is 0.941. The second kappa shape index (κ2) is 8.95. The molecular formula is C14H28N4. The number of unbranched alkanes of at least 4 members (excludes halogenated alkanes) is 6. The van der Waals surface area contributed by atoms with Gasteiger partial charge in [0.05, 0.1) is 0 Å². The zero-order valence-corrected chi connectivity index (χ0v) is 12.0. The topological polar surface area (TPSA) is 56.7 Å². The first-order chi connectivity index (χ1) is 8.79. The van der Waals surface area contributed by atoms with E-state index in [4.69, 9.17) is 5.84 Å². The molecule has 0 radical (unpaired) electrons. The van der Waals surface area contributed by atoms with Crippen LogP contribution >= 0.6 is 0 Å². The number of nitrogens with two attached hydrogens (primary N) is 1. The van der Waals surface area contributed by atoms with E-state index in [-0.39, 0.29) is 0 Å². The van der Waals surface area contributed by atoms with Crippen molar-refractivity contribution in [2.45, 2.75) is 78.1 Å². The van der Waals surface area contributed by atoms with Gasteiger partial charge in [-0.2, -0.15) is 0 Å². The molecule has 0 fully saturated rings. The monoisotopic (exact) mass is 252 g/mol. The van der Waals surface area contributed by atoms with Gasteiger partial charge >= 0.3 is 0 Å². The maximum absolute atomic E-state index is 6.02. The Labute approximate surface area is 111 Å². The average Bonchev–Trinajstić information content (AvgIpc) is 2.72. The third-order valence-electron chi connectivity index (χ3n) is 3.34. The smallest absolute Gasteiger partial charge is 0.151 e. The van der Waals surface area contributed by atoms with Crippen molar-refractivity contribution in [3.8, 4) is 0 Å². The number of hydrogen-bond donors (Lipinski definition) is 1. The van der Waals surface area contributed by atoms with Gasteiger partial charge in [0.15, 0.2) is 11.6 Å². The summed E-state index contributed by atoms with van der Waals surface area (Å²) in [5.74, 6) is 7.91. The molecule has 0 atom stereocenters. The van der Waals surface area contributed by atoms with Crippen LogP contribution in [0.1, 0.15) is 76.9 Å². The SMILES string of the molecule is CCCCCCc1nnc(CCCCCC)n1N. The molecule has 0 saturated carbocycles. The molecule has 1 aromatic heterocycles. The lowest BCUT2D eigenvalue weighted by atomic mass is 10.1. The zero-order chi connectivity index (χ0) is 13.2. The van der Waals surface area contributed by atoms with Gasteiger partial charge in [-0.25, -0.2) is 4.68 Å². The molecule has 0 saturated heterocycles. The molecule has 18 heavy (non-hydrogen) atoms. The molecule has 0 aromatic carbocycles. The summed E-state index contributed by atoms with van der Waals surface area (Å²) in [6.45, 7) is 4.44. The van der Waals surface area contributed by atoms with Crippen molar-refractivity contribution >= 4 is 0 Å². The normalized spacial score (nSPS) is 11.0. The van der Waals surface area contributed by atoms with Crippen LogP contribution < -0.4 is 5.84 Å². The lowest BCUT2D eigenvalue weighted by Crippen LogP contribution is -2.16. The quantitative estimate of drug-likeness (QED) is 0.514. The molecule has 104 valence electrons. The van der Waals surface area contributed by atoms with E-state index in [1.54, 1.807) is 4.68 Å². The molecule has 2 N–H and O–H groups in total. The van der Waals surface area contributed by atoms with E-state index in [1.165, 1.54) is 51.4 Å². The molecule has 4 heteroatoms. The van der Waals surface area contributed by atoms with Gasteiger partial charge < -0.3 is 5.84 Å². The van der Waals surface area contributed by atoms with E-state index >= 15 is 0 Å². The van der Waals surface area contributed by atoms with Gasteiger partial charge in [-0.3, -0.25) is 0 Å². The molecule has 0 bridgehead atoms. The molecule has 4 nitrogen and oxygen atoms in total. The Bertz CT molecular complexity index is 290. The Morgan fingerprint density at radius 2 is 1.22 bits per heavy atom. The fraction of sp³-hybridized carbons (Fsp3) is 0.857. The first-order valence-electron chi connectivity index (χ1n) is 7.47. The van der Waals surface area contributed by atoms with Crippen LogP contribution in [0.4, 0.5) is 0 Å². The van der Waals surface area contributed by atoms with Crippen LogP contribution in [-0.2, 0) is 12.8 Å². The van der Waals surface area contributed by atoms with Gasteiger partial charge in [-0.1, -0.05) is 52.4 Å². The number of nitrogens with zero attached hydrogens (tertiary/aromatic N) is 3. The Morgan fingerprint density at radius 1 is 0.778 bits per heavy atom. The highest BCUT2D eigenvalue weighted by Crippen LogP contribution is 2.08. The van der Waals surface area contributed by atoms with Gasteiger partial charge in [-0.15, -0.1) is 10.2 Å². The third-order valence-corrected chi connectivity index (χ3v) is 3.34. The van der Waals surface area contributed by atoms with Crippen molar-refractivity contribution in [3.05, 3.63) is 11.6 Å². The maximum atomic E-state index is 6.02. The van der Waals surface area contributed by atoms with E-state index in [0.29, 0.717) is 0 Å². The van der Waals surface area contributed by atoms with Crippen LogP contribution in [-0.4, -0.2) is 14.9 Å². The van der Waals surface area contributed by atoms with Gasteiger partial charge in [0.25, 0.3) is 0 Å². The van der Waals surface area contributed by atoms with E-state index in [2.05, 4.69) is 24.0 Å². The molecule has 1 rings (SSSR count). The van der Waals surface area contributed by atoms with Gasteiger partial charge in [0, 0.05) is 12.8 Å². The van der Waals surface area contributed by atoms with Gasteiger partial charge in [0.2, 0.25) is 0 Å². The highest BCUT2D eigenvalue weighted by Gasteiger charge is 2.08. The van der Waals surface area contributed by atoms with E-state index in [9.17, 15) is 0 Å². The van der Waals surface area contributed by atoms with E-state index in [1.807, 2.05) is 0 Å². The Hall–Kier alpha value is -1.06. The van der Waals surface area contributed by atoms with Crippen molar-refractivity contribution in [2.24, 2.45) is 0 Å². The lowest BCUT2D eigenvalue weighted by Gasteiger charge is -2.03. The van der Waals surface area contributed by atoms with E-state index < -0.39 is 0 Å². The van der Waals surface area contributed by atoms with Crippen LogP contribution in [0, 0.1) is 0 Å². The van der Waals surface area contributed by atoms with Crippen molar-refractivity contribution in [1.29, 1.82) is 0 Å². The number of rotatable bonds is 10. The number of hydrogen-bond acceptors (Lipinski definition) is 3. The fourth-order valence-corrected chi connectivity index (χ4v) is 2.12. The summed E-state index contributed by atoms with van der Waals surface area (Å²) < 4.78 is 1.71. The second-order valence-corrected chi connectivity index (χ2v) is 5.02. The molecule has 0 amide bonds. The summed E-state index contributed by atoms with van der Waals surface area (Å²) in [7, 11) is 0. The summed E-state index contributed by atoms with van der Waals surface area (Å²) in [6.07, 6.45) is 11.9. The van der Waals surface area contributed by atoms with Crippen LogP contribution in [0.2, 0.25) is 0 Å². The van der Waals surface area contributed by atoms with Crippen LogP contribution in [0.5, 0.6) is 0 Å². The van der Waals surface area contributed by atoms with Crippen molar-refractivity contribution < 1.29 is 0 Å². The minimum absolute atomic E-state index is 0.941. The predicted molar refractivity (Wildman–Crippen MR) is 75.9 cm³/mol. The number of aromatic nitrogens is 3. The predicted octanol–water partition coefficient (Wildman–Crippen LogP) is 3.24. The molecule has 1 aromatic rings. The van der Waals surface area contributed by atoms with E-state index in [0.717, 1.165) is 24.5 Å². The van der Waals surface area contributed by atoms with Crippen LogP contribution in [0.3, 0.4) is 0 Å². The summed E-state index contributed by atoms with van der Waals surface area (Å²) in [5, 5.41) is 8.40. The summed E-state index contributed by atoms with van der Waals surface area (Å²) in [5.41, 5.74) is 0. The Balaban J connectivity index is 2.30. The van der Waals surface area contributed by atoms with Gasteiger partial charge in [0.1, 0.15) is 0 Å². The van der Waals surface area contributed by atoms with Gasteiger partial charge in [-0.05, 0) is 12.8 Å². The van der Waals surface area contributed by atoms with Crippen molar-refractivity contribution in [1.82, 2.24) is 14.9 Å². The lowest BCUT2D eigenvalue weighted by molar-refractivity contribution is 0.628. The molecule has 1 heterocycles. The maximum Gasteiger partial charge on any atom is 0.151 e. The highest BCUT2D eigenvalue weighted by atomic mass is 15.4. The van der Waals surface area contributed by atoms with Crippen LogP contribution in [0.15, 0.2) is 0 Å². The minimum Gasteiger partial charge on any atom is -0.336 e. The standard InChI is InChI=1S/C14H28N4/c1-3-5-7-9-11-13-16-17-14(18(13)15)12-10-8-6-4-2/h3-12,15H2,1-2H3. The second-order valence-electron chi connectivity index (χ2n) is 5.02. The highest BCUT2D eigenvalue weighted by molar-refractivity contribution is 4.96. The average molecular weight is 252 g/mol.